The fourth-order valence-electron chi connectivity index (χ4n) is 4.65. The Morgan fingerprint density at radius 2 is 1.70 bits per heavy atom. The average Bonchev–Trinajstić information content (AvgIpc) is 3.22. The minimum Gasteiger partial charge on any atom is -0.393 e. The first-order valence-corrected chi connectivity index (χ1v) is 11.6. The Labute approximate surface area is 200 Å². The molecule has 1 saturated heterocycles. The number of rotatable bonds is 8. The maximum Gasteiger partial charge on any atom is 0.191 e. The van der Waals surface area contributed by atoms with Crippen LogP contribution in [0.2, 0.25) is 0 Å². The quantitative estimate of drug-likeness (QED) is 0.268. The topological polar surface area (TPSA) is 59.9 Å². The molecule has 0 bridgehead atoms. The van der Waals surface area contributed by atoms with Gasteiger partial charge in [-0.05, 0) is 55.6 Å². The lowest BCUT2D eigenvalue weighted by Crippen LogP contribution is -2.42. The number of hydrogen-bond acceptors (Lipinski definition) is 3. The van der Waals surface area contributed by atoms with E-state index >= 15 is 0 Å². The van der Waals surface area contributed by atoms with Gasteiger partial charge in [0.2, 0.25) is 0 Å². The van der Waals surface area contributed by atoms with E-state index in [4.69, 9.17) is 4.99 Å². The highest BCUT2D eigenvalue weighted by molar-refractivity contribution is 14.0. The number of aliphatic hydroxyl groups excluding tert-OH is 1. The highest BCUT2D eigenvalue weighted by Crippen LogP contribution is 2.40. The number of hydrogen-bond donors (Lipinski definition) is 3. The molecule has 1 saturated carbocycles. The first-order chi connectivity index (χ1) is 14.1. The van der Waals surface area contributed by atoms with Gasteiger partial charge in [0.15, 0.2) is 5.96 Å². The van der Waals surface area contributed by atoms with Gasteiger partial charge in [-0.3, -0.25) is 4.90 Å². The molecule has 2 fully saturated rings. The number of aliphatic hydroxyl groups is 1. The molecule has 6 heteroatoms. The fourth-order valence-corrected chi connectivity index (χ4v) is 4.65. The Morgan fingerprint density at radius 1 is 1.07 bits per heavy atom. The van der Waals surface area contributed by atoms with Crippen molar-refractivity contribution in [2.75, 3.05) is 26.2 Å². The lowest BCUT2D eigenvalue weighted by atomic mass is 9.83. The third kappa shape index (κ3) is 7.68. The van der Waals surface area contributed by atoms with Gasteiger partial charge in [-0.15, -0.1) is 24.0 Å². The Balaban J connectivity index is 0.00000320. The molecule has 1 aromatic rings. The van der Waals surface area contributed by atoms with Gasteiger partial charge in [0.05, 0.1) is 12.6 Å². The zero-order valence-electron chi connectivity index (χ0n) is 18.8. The maximum absolute atomic E-state index is 9.65. The molecule has 0 unspecified atom stereocenters. The van der Waals surface area contributed by atoms with E-state index in [-0.39, 0.29) is 30.1 Å². The summed E-state index contributed by atoms with van der Waals surface area (Å²) in [7, 11) is 0. The van der Waals surface area contributed by atoms with Gasteiger partial charge in [-0.2, -0.15) is 0 Å². The molecule has 1 aliphatic carbocycles. The van der Waals surface area contributed by atoms with Crippen molar-refractivity contribution >= 4 is 29.9 Å². The molecule has 3 N–H and O–H groups in total. The monoisotopic (exact) mass is 528 g/mol. The summed E-state index contributed by atoms with van der Waals surface area (Å²) >= 11 is 0. The van der Waals surface area contributed by atoms with Gasteiger partial charge in [-0.1, -0.05) is 44.0 Å². The normalized spacial score (nSPS) is 20.0. The molecule has 0 spiro atoms. The predicted molar refractivity (Wildman–Crippen MR) is 136 cm³/mol. The predicted octanol–water partition coefficient (Wildman–Crippen LogP) is 4.29. The third-order valence-electron chi connectivity index (χ3n) is 6.80. The molecule has 3 rings (SSSR count). The molecule has 30 heavy (non-hydrogen) atoms. The number of halogens is 1. The van der Waals surface area contributed by atoms with Crippen molar-refractivity contribution in [2.45, 2.75) is 78.0 Å². The highest BCUT2D eigenvalue weighted by Gasteiger charge is 2.31. The van der Waals surface area contributed by atoms with E-state index in [0.717, 1.165) is 51.5 Å². The lowest BCUT2D eigenvalue weighted by molar-refractivity contribution is 0.0792. The van der Waals surface area contributed by atoms with Crippen molar-refractivity contribution in [3.8, 4) is 0 Å². The van der Waals surface area contributed by atoms with Gasteiger partial charge in [0, 0.05) is 32.7 Å². The smallest absolute Gasteiger partial charge is 0.191 e. The van der Waals surface area contributed by atoms with Crippen LogP contribution >= 0.6 is 24.0 Å². The molecule has 0 radical (unpaired) electrons. The summed E-state index contributed by atoms with van der Waals surface area (Å²) in [6.45, 7) is 10.0. The fraction of sp³-hybridized carbons (Fsp3) is 0.708. The summed E-state index contributed by atoms with van der Waals surface area (Å²) in [5.41, 5.74) is 3.04. The first kappa shape index (κ1) is 25.4. The van der Waals surface area contributed by atoms with Crippen molar-refractivity contribution in [2.24, 2.45) is 10.4 Å². The van der Waals surface area contributed by atoms with E-state index < -0.39 is 0 Å². The summed E-state index contributed by atoms with van der Waals surface area (Å²) in [4.78, 5) is 7.25. The molecular weight excluding hydrogens is 487 g/mol. The minimum atomic E-state index is -0.105. The van der Waals surface area contributed by atoms with Crippen LogP contribution in [0.15, 0.2) is 29.3 Å². The molecule has 0 atom stereocenters. The van der Waals surface area contributed by atoms with Gasteiger partial charge in [0.25, 0.3) is 0 Å². The number of nitrogens with zero attached hydrogens (tertiary/aromatic N) is 2. The van der Waals surface area contributed by atoms with Gasteiger partial charge in [-0.25, -0.2) is 4.99 Å². The first-order valence-electron chi connectivity index (χ1n) is 11.6. The summed E-state index contributed by atoms with van der Waals surface area (Å²) in [6.07, 6.45) is 8.35. The van der Waals surface area contributed by atoms with E-state index in [1.807, 2.05) is 0 Å². The highest BCUT2D eigenvalue weighted by atomic mass is 127. The molecule has 170 valence electrons. The van der Waals surface area contributed by atoms with Gasteiger partial charge in [0.1, 0.15) is 0 Å². The summed E-state index contributed by atoms with van der Waals surface area (Å²) < 4.78 is 0. The average molecular weight is 529 g/mol. The van der Waals surface area contributed by atoms with E-state index in [1.54, 1.807) is 0 Å². The van der Waals surface area contributed by atoms with E-state index in [9.17, 15) is 5.11 Å². The SMILES string of the molecule is CCNC(=NCc1ccc(CN2CCC(O)CC2)cc1)NCC1(CC)CCCC1.I. The van der Waals surface area contributed by atoms with Crippen LogP contribution in [0.3, 0.4) is 0 Å². The summed E-state index contributed by atoms with van der Waals surface area (Å²) in [6, 6.07) is 8.85. The molecule has 5 nitrogen and oxygen atoms in total. The molecule has 1 aromatic carbocycles. The minimum absolute atomic E-state index is 0. The van der Waals surface area contributed by atoms with Crippen LogP contribution in [-0.4, -0.2) is 48.2 Å². The van der Waals surface area contributed by atoms with E-state index in [0.29, 0.717) is 12.0 Å². The van der Waals surface area contributed by atoms with Crippen molar-refractivity contribution in [3.05, 3.63) is 35.4 Å². The summed E-state index contributed by atoms with van der Waals surface area (Å²) in [5.74, 6) is 0.933. The zero-order valence-corrected chi connectivity index (χ0v) is 21.2. The van der Waals surface area contributed by atoms with Crippen LogP contribution in [0.4, 0.5) is 0 Å². The lowest BCUT2D eigenvalue weighted by Gasteiger charge is -2.29. The number of guanidine groups is 1. The summed E-state index contributed by atoms with van der Waals surface area (Å²) in [5, 5.41) is 16.7. The number of nitrogens with one attached hydrogen (secondary N) is 2. The van der Waals surface area contributed by atoms with E-state index in [2.05, 4.69) is 53.6 Å². The largest absolute Gasteiger partial charge is 0.393 e. The second-order valence-electron chi connectivity index (χ2n) is 8.93. The molecule has 0 aromatic heterocycles. The Bertz CT molecular complexity index is 635. The third-order valence-corrected chi connectivity index (χ3v) is 6.80. The van der Waals surface area contributed by atoms with Crippen molar-refractivity contribution in [3.63, 3.8) is 0 Å². The van der Waals surface area contributed by atoms with Crippen molar-refractivity contribution in [1.82, 2.24) is 15.5 Å². The number of likely N-dealkylation sites (tertiary alicyclic amines) is 1. The zero-order chi connectivity index (χ0) is 20.5. The molecule has 1 heterocycles. The van der Waals surface area contributed by atoms with Crippen molar-refractivity contribution < 1.29 is 5.11 Å². The van der Waals surface area contributed by atoms with Crippen LogP contribution in [0.25, 0.3) is 0 Å². The Hall–Kier alpha value is -0.860. The van der Waals surface area contributed by atoms with Gasteiger partial charge >= 0.3 is 0 Å². The molecule has 2 aliphatic rings. The van der Waals surface area contributed by atoms with Crippen LogP contribution in [-0.2, 0) is 13.1 Å². The molecule has 0 amide bonds. The second kappa shape index (κ2) is 12.9. The Morgan fingerprint density at radius 3 is 2.30 bits per heavy atom. The standard InChI is InChI=1S/C24H40N4O.HI/c1-3-24(13-5-6-14-24)19-27-23(25-4-2)26-17-20-7-9-21(10-8-20)18-28-15-11-22(29)12-16-28;/h7-10,22,29H,3-6,11-19H2,1-2H3,(H2,25,26,27);1H. The van der Waals surface area contributed by atoms with Crippen LogP contribution in [0.5, 0.6) is 0 Å². The molecular formula is C24H41IN4O. The van der Waals surface area contributed by atoms with Crippen molar-refractivity contribution in [1.29, 1.82) is 0 Å². The maximum atomic E-state index is 9.65. The van der Waals surface area contributed by atoms with Crippen LogP contribution < -0.4 is 10.6 Å². The Kier molecular flexibility index (Phi) is 10.9. The number of benzene rings is 1. The van der Waals surface area contributed by atoms with Crippen LogP contribution in [0, 0.1) is 5.41 Å². The van der Waals surface area contributed by atoms with Crippen LogP contribution in [0.1, 0.15) is 69.9 Å². The van der Waals surface area contributed by atoms with E-state index in [1.165, 1.54) is 43.2 Å². The van der Waals surface area contributed by atoms with Gasteiger partial charge < -0.3 is 15.7 Å². The molecule has 1 aliphatic heterocycles. The number of aliphatic imine (C=N–C) groups is 1. The number of piperidine rings is 1. The second-order valence-corrected chi connectivity index (χ2v) is 8.93.